The fourth-order valence-corrected chi connectivity index (χ4v) is 3.16. The van der Waals surface area contributed by atoms with Crippen molar-refractivity contribution < 1.29 is 19.0 Å². The maximum atomic E-state index is 12.2. The number of benzene rings is 1. The molecule has 0 aliphatic rings. The van der Waals surface area contributed by atoms with Gasteiger partial charge in [-0.05, 0) is 44.0 Å². The zero-order valence-corrected chi connectivity index (χ0v) is 19.8. The maximum absolute atomic E-state index is 12.2. The predicted octanol–water partition coefficient (Wildman–Crippen LogP) is 6.38. The molecule has 1 unspecified atom stereocenters. The largest absolute Gasteiger partial charge is 0.490 e. The molecular formula is C26H38N2O4. The van der Waals surface area contributed by atoms with E-state index in [2.05, 4.69) is 23.8 Å². The van der Waals surface area contributed by atoms with E-state index in [1.165, 1.54) is 32.1 Å². The molecule has 32 heavy (non-hydrogen) atoms. The Morgan fingerprint density at radius 2 is 1.41 bits per heavy atom. The summed E-state index contributed by atoms with van der Waals surface area (Å²) in [5.41, 5.74) is 0.844. The number of carbonyl (C=O) groups is 1. The molecule has 0 saturated carbocycles. The molecule has 2 aromatic rings. The van der Waals surface area contributed by atoms with Gasteiger partial charge in [0.15, 0.2) is 17.7 Å². The maximum Gasteiger partial charge on any atom is 0.340 e. The Morgan fingerprint density at radius 1 is 0.812 bits per heavy atom. The molecule has 0 fully saturated rings. The zero-order valence-electron chi connectivity index (χ0n) is 19.8. The van der Waals surface area contributed by atoms with Gasteiger partial charge in [-0.2, -0.15) is 0 Å². The highest BCUT2D eigenvalue weighted by atomic mass is 16.6. The number of aromatic nitrogens is 2. The van der Waals surface area contributed by atoms with Gasteiger partial charge in [0.05, 0.1) is 19.0 Å². The minimum Gasteiger partial charge on any atom is -0.490 e. The van der Waals surface area contributed by atoms with Gasteiger partial charge in [-0.25, -0.2) is 14.8 Å². The molecule has 6 heteroatoms. The lowest BCUT2D eigenvalue weighted by atomic mass is 10.1. The molecule has 0 aliphatic carbocycles. The van der Waals surface area contributed by atoms with E-state index in [4.69, 9.17) is 14.2 Å². The van der Waals surface area contributed by atoms with Crippen LogP contribution in [0.4, 0.5) is 0 Å². The van der Waals surface area contributed by atoms with Gasteiger partial charge in [-0.15, -0.1) is 0 Å². The van der Waals surface area contributed by atoms with E-state index in [-0.39, 0.29) is 0 Å². The molecular weight excluding hydrogens is 404 g/mol. The van der Waals surface area contributed by atoms with Gasteiger partial charge in [0.25, 0.3) is 0 Å². The predicted molar refractivity (Wildman–Crippen MR) is 127 cm³/mol. The molecule has 1 atom stereocenters. The van der Waals surface area contributed by atoms with Crippen molar-refractivity contribution in [1.82, 2.24) is 9.97 Å². The van der Waals surface area contributed by atoms with Crippen LogP contribution in [-0.2, 0) is 9.53 Å². The second-order valence-electron chi connectivity index (χ2n) is 8.02. The molecule has 6 nitrogen and oxygen atoms in total. The van der Waals surface area contributed by atoms with Crippen LogP contribution >= 0.6 is 0 Å². The van der Waals surface area contributed by atoms with E-state index in [0.717, 1.165) is 31.2 Å². The monoisotopic (exact) mass is 442 g/mol. The third kappa shape index (κ3) is 9.77. The summed E-state index contributed by atoms with van der Waals surface area (Å²) in [4.78, 5) is 20.9. The summed E-state index contributed by atoms with van der Waals surface area (Å²) in [5.74, 6) is 1.36. The SMILES string of the molecule is CCCCCCCCOc1cnc(-c2ccc(OC(=O)C(C)OCCCCC)cc2)nc1. The number of nitrogens with zero attached hydrogens (tertiary/aromatic N) is 2. The van der Waals surface area contributed by atoms with Crippen molar-refractivity contribution in [3.05, 3.63) is 36.7 Å². The molecule has 0 aliphatic heterocycles. The van der Waals surface area contributed by atoms with E-state index >= 15 is 0 Å². The van der Waals surface area contributed by atoms with Gasteiger partial charge in [-0.3, -0.25) is 0 Å². The molecule has 0 spiro atoms. The summed E-state index contributed by atoms with van der Waals surface area (Å²) in [6, 6.07) is 7.15. The highest BCUT2D eigenvalue weighted by molar-refractivity contribution is 5.77. The fourth-order valence-electron chi connectivity index (χ4n) is 3.16. The Balaban J connectivity index is 1.75. The van der Waals surface area contributed by atoms with E-state index in [1.807, 2.05) is 12.1 Å². The molecule has 176 valence electrons. The van der Waals surface area contributed by atoms with Crippen LogP contribution < -0.4 is 9.47 Å². The van der Waals surface area contributed by atoms with Crippen molar-refractivity contribution in [1.29, 1.82) is 0 Å². The highest BCUT2D eigenvalue weighted by Crippen LogP contribution is 2.21. The van der Waals surface area contributed by atoms with Crippen molar-refractivity contribution >= 4 is 5.97 Å². The first kappa shape index (κ1) is 25.8. The lowest BCUT2D eigenvalue weighted by Crippen LogP contribution is -2.26. The minimum absolute atomic E-state index is 0.391. The number of carbonyl (C=O) groups excluding carboxylic acids is 1. The lowest BCUT2D eigenvalue weighted by Gasteiger charge is -2.12. The van der Waals surface area contributed by atoms with E-state index in [9.17, 15) is 4.79 Å². The standard InChI is InChI=1S/C26H38N2O4/c1-4-6-8-9-10-12-18-31-24-19-27-25(28-20-24)22-13-15-23(16-14-22)32-26(29)21(3)30-17-11-7-5-2/h13-16,19-21H,4-12,17-18H2,1-3H3. The molecule has 2 rings (SSSR count). The third-order valence-corrected chi connectivity index (χ3v) is 5.17. The first-order valence-corrected chi connectivity index (χ1v) is 12.0. The fraction of sp³-hybridized carbons (Fsp3) is 0.577. The van der Waals surface area contributed by atoms with Crippen LogP contribution in [0.5, 0.6) is 11.5 Å². The van der Waals surface area contributed by atoms with Gasteiger partial charge in [0, 0.05) is 12.2 Å². The van der Waals surface area contributed by atoms with Crippen molar-refractivity contribution in [2.24, 2.45) is 0 Å². The second kappa shape index (κ2) is 15.4. The van der Waals surface area contributed by atoms with Crippen molar-refractivity contribution in [3.8, 4) is 22.9 Å². The summed E-state index contributed by atoms with van der Waals surface area (Å²) in [7, 11) is 0. The molecule has 1 aromatic carbocycles. The minimum atomic E-state index is -0.584. The molecule has 0 radical (unpaired) electrons. The number of hydrogen-bond acceptors (Lipinski definition) is 6. The van der Waals surface area contributed by atoms with Crippen LogP contribution in [0, 0.1) is 0 Å². The van der Waals surface area contributed by atoms with Gasteiger partial charge in [0.1, 0.15) is 5.75 Å². The second-order valence-corrected chi connectivity index (χ2v) is 8.02. The van der Waals surface area contributed by atoms with Crippen molar-refractivity contribution in [2.45, 2.75) is 84.7 Å². The van der Waals surface area contributed by atoms with E-state index in [1.54, 1.807) is 31.5 Å². The molecule has 1 heterocycles. The van der Waals surface area contributed by atoms with Crippen LogP contribution in [0.1, 0.15) is 78.6 Å². The number of ether oxygens (including phenoxy) is 3. The number of hydrogen-bond donors (Lipinski definition) is 0. The molecule has 1 aromatic heterocycles. The average Bonchev–Trinajstić information content (AvgIpc) is 2.82. The summed E-state index contributed by atoms with van der Waals surface area (Å²) >= 11 is 0. The zero-order chi connectivity index (χ0) is 23.0. The molecule has 0 saturated heterocycles. The van der Waals surface area contributed by atoms with Gasteiger partial charge < -0.3 is 14.2 Å². The third-order valence-electron chi connectivity index (χ3n) is 5.17. The van der Waals surface area contributed by atoms with Crippen LogP contribution in [0.15, 0.2) is 36.7 Å². The molecule has 0 amide bonds. The van der Waals surface area contributed by atoms with Crippen LogP contribution in [0.3, 0.4) is 0 Å². The summed E-state index contributed by atoms with van der Waals surface area (Å²) < 4.78 is 16.7. The van der Waals surface area contributed by atoms with E-state index < -0.39 is 12.1 Å². The first-order valence-electron chi connectivity index (χ1n) is 12.0. The van der Waals surface area contributed by atoms with Crippen LogP contribution in [0.25, 0.3) is 11.4 Å². The Labute approximate surface area is 192 Å². The Kier molecular flexibility index (Phi) is 12.4. The van der Waals surface area contributed by atoms with Crippen molar-refractivity contribution in [2.75, 3.05) is 13.2 Å². The van der Waals surface area contributed by atoms with Crippen molar-refractivity contribution in [3.63, 3.8) is 0 Å². The molecule has 0 bridgehead atoms. The quantitative estimate of drug-likeness (QED) is 0.171. The van der Waals surface area contributed by atoms with Gasteiger partial charge >= 0.3 is 5.97 Å². The average molecular weight is 443 g/mol. The lowest BCUT2D eigenvalue weighted by molar-refractivity contribution is -0.146. The molecule has 0 N–H and O–H groups in total. The Bertz CT molecular complexity index is 762. The van der Waals surface area contributed by atoms with E-state index in [0.29, 0.717) is 30.5 Å². The Hall–Kier alpha value is -2.47. The topological polar surface area (TPSA) is 70.5 Å². The Morgan fingerprint density at radius 3 is 2.09 bits per heavy atom. The van der Waals surface area contributed by atoms with Gasteiger partial charge in [0.2, 0.25) is 0 Å². The van der Waals surface area contributed by atoms with Crippen LogP contribution in [0.2, 0.25) is 0 Å². The number of esters is 1. The normalized spacial score (nSPS) is 11.8. The number of unbranched alkanes of at least 4 members (excludes halogenated alkanes) is 7. The summed E-state index contributed by atoms with van der Waals surface area (Å²) in [6.07, 6.45) is 13.4. The summed E-state index contributed by atoms with van der Waals surface area (Å²) in [6.45, 7) is 7.33. The van der Waals surface area contributed by atoms with Crippen LogP contribution in [-0.4, -0.2) is 35.3 Å². The highest BCUT2D eigenvalue weighted by Gasteiger charge is 2.16. The van der Waals surface area contributed by atoms with Gasteiger partial charge in [-0.1, -0.05) is 58.8 Å². The number of rotatable bonds is 16. The summed E-state index contributed by atoms with van der Waals surface area (Å²) in [5, 5.41) is 0. The first-order chi connectivity index (χ1) is 15.6. The smallest absolute Gasteiger partial charge is 0.340 e.